The van der Waals surface area contributed by atoms with Crippen LogP contribution in [-0.2, 0) is 24.9 Å². The third kappa shape index (κ3) is 36.2. The van der Waals surface area contributed by atoms with Gasteiger partial charge in [0.1, 0.15) is 30.1 Å². The molecule has 0 saturated heterocycles. The standard InChI is InChI=1S/C25H18.C20H14O2.C18H15OP.C13H13OP.2C12H10O.C2H7N.4C2H6.8CH5N/c1-3-11-19(12-4-1)25(20-13-5-2-6-14-20)23-17-9-7-15-21(23)22-16-8-10-18-24(22)25;21-19-17-13-7-8-14-18(17)20(22-19,15-9-3-1-4-10-15)16-11-5-2-6-12-16;19-20(16-10-4-1-5-11-16,17-12-6-2-7-13-17)18-14-8-3-9-15-18;1-15(14,12-8-4-2-5-9-12)13-10-6-3-7-11-13;2*1-3-7-11(8-4-1)13-12-9-5-2-6-10-12;1-3-2;12*1-2/h1-18H;1-14H;1-15H;2-11H,1H3;2*1-10H;3H,1-2H3;4*1-2H3;8*2H2,1H3. The number of carbonyl (C=O) groups is 1. The van der Waals surface area contributed by atoms with Gasteiger partial charge >= 0.3 is 5.97 Å². The zero-order valence-electron chi connectivity index (χ0n) is 82.9. The van der Waals surface area contributed by atoms with Crippen molar-refractivity contribution in [3.63, 3.8) is 0 Å². The molecular formula is C118H151N9O6P2. The number of benzene rings is 16. The van der Waals surface area contributed by atoms with Crippen molar-refractivity contribution in [3.05, 3.63) is 512 Å². The molecule has 0 saturated carbocycles. The molecule has 0 bridgehead atoms. The fraction of sp³-hybridized carbons (Fsp3) is 0.178. The Morgan fingerprint density at radius 3 is 0.630 bits per heavy atom. The van der Waals surface area contributed by atoms with Gasteiger partial charge in [-0.1, -0.05) is 468 Å². The van der Waals surface area contributed by atoms with E-state index >= 15 is 0 Å². The number of ether oxygens (including phenoxy) is 3. The van der Waals surface area contributed by atoms with Gasteiger partial charge in [-0.25, -0.2) is 4.79 Å². The van der Waals surface area contributed by atoms with Crippen LogP contribution in [0.1, 0.15) is 105 Å². The summed E-state index contributed by atoms with van der Waals surface area (Å²) < 4.78 is 43.5. The molecule has 0 fully saturated rings. The van der Waals surface area contributed by atoms with Gasteiger partial charge in [0.15, 0.2) is 12.7 Å². The van der Waals surface area contributed by atoms with Crippen molar-refractivity contribution in [1.82, 2.24) is 5.32 Å². The summed E-state index contributed by atoms with van der Waals surface area (Å²) in [5.74, 6) is 3.20. The fourth-order valence-corrected chi connectivity index (χ4v) is 18.2. The Bertz CT molecular complexity index is 5170. The van der Waals surface area contributed by atoms with Gasteiger partial charge in [0, 0.05) is 43.2 Å². The highest BCUT2D eigenvalue weighted by Gasteiger charge is 2.49. The number of carbonyl (C=O) groups excluding carboxylic acids is 1. The molecule has 2 aliphatic rings. The Morgan fingerprint density at radius 2 is 0.400 bits per heavy atom. The quantitative estimate of drug-likeness (QED) is 0.0383. The number of nitrogens with two attached hydrogens (primary N) is 8. The molecule has 0 radical (unpaired) electrons. The van der Waals surface area contributed by atoms with Crippen molar-refractivity contribution in [3.8, 4) is 34.1 Å². The van der Waals surface area contributed by atoms with E-state index in [9.17, 15) is 13.9 Å². The summed E-state index contributed by atoms with van der Waals surface area (Å²) in [6.07, 6.45) is 0. The Hall–Kier alpha value is -13.3. The highest BCUT2D eigenvalue weighted by Crippen LogP contribution is 2.56. The van der Waals surface area contributed by atoms with Crippen LogP contribution in [0.15, 0.2) is 467 Å². The number of rotatable bonds is 13. The number of cyclic esters (lactones) is 1. The maximum Gasteiger partial charge on any atom is 0.340 e. The summed E-state index contributed by atoms with van der Waals surface area (Å²) in [5.41, 5.74) is 46.4. The van der Waals surface area contributed by atoms with E-state index in [1.165, 1.54) is 89.8 Å². The van der Waals surface area contributed by atoms with Crippen LogP contribution in [0, 0.1) is 0 Å². The van der Waals surface area contributed by atoms with E-state index in [-0.39, 0.29) is 11.4 Å². The Kier molecular flexibility index (Phi) is 67.7. The molecule has 15 nitrogen and oxygen atoms in total. The maximum atomic E-state index is 13.8. The minimum atomic E-state index is -2.78. The molecule has 16 aromatic carbocycles. The van der Waals surface area contributed by atoms with Gasteiger partial charge < -0.3 is 74.5 Å². The first-order valence-corrected chi connectivity index (χ1v) is 49.4. The van der Waals surface area contributed by atoms with E-state index in [1.807, 2.05) is 434 Å². The largest absolute Gasteiger partial charge is 0.457 e. The van der Waals surface area contributed by atoms with Crippen LogP contribution in [0.3, 0.4) is 0 Å². The number of nitrogens with one attached hydrogen (secondary N) is 1. The number of fused-ring (bicyclic) bond motifs is 4. The second-order valence-electron chi connectivity index (χ2n) is 26.1. The second-order valence-corrected chi connectivity index (χ2v) is 31.7. The summed E-state index contributed by atoms with van der Waals surface area (Å²) in [6, 6.07) is 154. The van der Waals surface area contributed by atoms with Gasteiger partial charge in [-0.3, -0.25) is 0 Å². The van der Waals surface area contributed by atoms with E-state index in [2.05, 4.69) is 160 Å². The van der Waals surface area contributed by atoms with Gasteiger partial charge in [-0.15, -0.1) is 0 Å². The van der Waals surface area contributed by atoms with E-state index < -0.39 is 19.9 Å². The van der Waals surface area contributed by atoms with Crippen LogP contribution < -0.4 is 87.2 Å². The van der Waals surface area contributed by atoms with Gasteiger partial charge in [0.25, 0.3) is 0 Å². The van der Waals surface area contributed by atoms with Gasteiger partial charge in [-0.2, -0.15) is 0 Å². The Morgan fingerprint density at radius 1 is 0.230 bits per heavy atom. The van der Waals surface area contributed by atoms with Crippen LogP contribution >= 0.6 is 14.3 Å². The number of para-hydroxylation sites is 4. The molecule has 17 N–H and O–H groups in total. The molecule has 135 heavy (non-hydrogen) atoms. The molecule has 714 valence electrons. The van der Waals surface area contributed by atoms with E-state index in [4.69, 9.17) is 14.2 Å². The highest BCUT2D eigenvalue weighted by molar-refractivity contribution is 7.85. The minimum absolute atomic E-state index is 0.254. The zero-order chi connectivity index (χ0) is 101. The minimum Gasteiger partial charge on any atom is -0.457 e. The van der Waals surface area contributed by atoms with Crippen molar-refractivity contribution in [2.75, 3.05) is 77.1 Å². The van der Waals surface area contributed by atoms with Crippen molar-refractivity contribution in [2.45, 2.75) is 66.4 Å². The van der Waals surface area contributed by atoms with Crippen LogP contribution in [0.5, 0.6) is 23.0 Å². The van der Waals surface area contributed by atoms with E-state index in [1.54, 1.807) is 0 Å². The fourth-order valence-electron chi connectivity index (χ4n) is 13.7. The lowest BCUT2D eigenvalue weighted by atomic mass is 9.68. The Balaban J connectivity index is 0.00000153. The van der Waals surface area contributed by atoms with Crippen molar-refractivity contribution >= 4 is 46.8 Å². The lowest BCUT2D eigenvalue weighted by molar-refractivity contribution is 0.0251. The monoisotopic (exact) mass is 1850 g/mol. The third-order valence-electron chi connectivity index (χ3n) is 18.8. The second kappa shape index (κ2) is 75.1. The molecular weight excluding hydrogens is 1700 g/mol. The van der Waals surface area contributed by atoms with Gasteiger partial charge in [-0.05, 0) is 165 Å². The molecule has 0 amide bonds. The van der Waals surface area contributed by atoms with Crippen molar-refractivity contribution in [1.29, 1.82) is 0 Å². The molecule has 1 aliphatic carbocycles. The van der Waals surface area contributed by atoms with Gasteiger partial charge in [0.05, 0.1) is 11.0 Å². The topological polar surface area (TPSA) is 299 Å². The van der Waals surface area contributed by atoms with Crippen LogP contribution in [0.25, 0.3) is 11.1 Å². The SMILES string of the molecule is CC.CC.CC.CC.CN.CN.CN.CN.CN.CN.CN.CN.CNC.CP(=O)(c1ccccc1)c1ccccc1.O=C1OC(c2ccccc2)(c2ccccc2)c2ccccc21.O=P(c1ccccc1)(c1ccccc1)c1ccccc1.c1ccc(C2(c3ccccc3)c3ccccc3-c3ccccc32)cc1.c1ccc(Oc2ccccc2)cc1.c1ccc(Oc2ccccc2)cc1. The van der Waals surface area contributed by atoms with Crippen LogP contribution in [-0.4, -0.2) is 83.1 Å². The molecule has 17 heteroatoms. The Labute approximate surface area is 810 Å². The first kappa shape index (κ1) is 122. The molecule has 0 spiro atoms. The number of hydrogen-bond acceptors (Lipinski definition) is 15. The third-order valence-corrected chi connectivity index (χ3v) is 24.4. The summed E-state index contributed by atoms with van der Waals surface area (Å²) in [6.45, 7) is 17.8. The normalized spacial score (nSPS) is 10.5. The smallest absolute Gasteiger partial charge is 0.340 e. The van der Waals surface area contributed by atoms with E-state index in [0.717, 1.165) is 66.2 Å². The average Bonchev–Trinajstić information content (AvgIpc) is 1.55. The lowest BCUT2D eigenvalue weighted by Crippen LogP contribution is -2.29. The molecule has 0 atom stereocenters. The van der Waals surface area contributed by atoms with E-state index in [0.29, 0.717) is 5.56 Å². The summed E-state index contributed by atoms with van der Waals surface area (Å²) >= 11 is 0. The lowest BCUT2D eigenvalue weighted by Gasteiger charge is -2.33. The average molecular weight is 1850 g/mol. The highest BCUT2D eigenvalue weighted by atomic mass is 31.2. The molecule has 18 rings (SSSR count). The molecule has 0 unspecified atom stereocenters. The predicted octanol–water partition coefficient (Wildman–Crippen LogP) is 23.7. The predicted molar refractivity (Wildman–Crippen MR) is 587 cm³/mol. The van der Waals surface area contributed by atoms with Crippen LogP contribution in [0.2, 0.25) is 0 Å². The molecule has 0 aromatic heterocycles. The summed E-state index contributed by atoms with van der Waals surface area (Å²) in [4.78, 5) is 12.4. The zero-order valence-corrected chi connectivity index (χ0v) is 84.7. The van der Waals surface area contributed by atoms with Crippen molar-refractivity contribution < 1.29 is 28.1 Å². The summed E-state index contributed by atoms with van der Waals surface area (Å²) in [5, 5.41) is 7.19. The molecule has 1 heterocycles. The van der Waals surface area contributed by atoms with Gasteiger partial charge in [0.2, 0.25) is 0 Å². The maximum absolute atomic E-state index is 13.8. The van der Waals surface area contributed by atoms with Crippen molar-refractivity contribution in [2.24, 2.45) is 45.9 Å². The molecule has 1 aliphatic heterocycles. The first-order chi connectivity index (χ1) is 66.6. The van der Waals surface area contributed by atoms with Crippen LogP contribution in [0.4, 0.5) is 0 Å². The molecule has 16 aromatic rings. The summed E-state index contributed by atoms with van der Waals surface area (Å²) in [7, 11) is 10.6. The first-order valence-electron chi connectivity index (χ1n) is 45.5. The number of hydrogen-bond donors (Lipinski definition) is 9. The number of esters is 1.